The van der Waals surface area contributed by atoms with Crippen molar-refractivity contribution in [1.29, 1.82) is 0 Å². The molecule has 1 aliphatic heterocycles. The fourth-order valence-corrected chi connectivity index (χ4v) is 6.04. The average Bonchev–Trinajstić information content (AvgIpc) is 3.42. The number of aromatic nitrogens is 1. The van der Waals surface area contributed by atoms with E-state index in [-0.39, 0.29) is 31.4 Å². The Morgan fingerprint density at radius 2 is 1.73 bits per heavy atom. The number of hydrogen-bond acceptors (Lipinski definition) is 7. The van der Waals surface area contributed by atoms with Crippen molar-refractivity contribution < 1.29 is 50.9 Å². The van der Waals surface area contributed by atoms with E-state index >= 15 is 0 Å². The molecule has 0 bridgehead atoms. The summed E-state index contributed by atoms with van der Waals surface area (Å²) in [5.41, 5.74) is 9.36. The van der Waals surface area contributed by atoms with Crippen molar-refractivity contribution in [2.45, 2.75) is 44.4 Å². The van der Waals surface area contributed by atoms with Crippen LogP contribution in [0.1, 0.15) is 47.2 Å². The number of aliphatic carboxylic acids is 1. The van der Waals surface area contributed by atoms with E-state index in [1.807, 2.05) is 12.3 Å². The van der Waals surface area contributed by atoms with E-state index in [0.29, 0.717) is 53.7 Å². The molecule has 16 heteroatoms. The first-order chi connectivity index (χ1) is 20.6. The van der Waals surface area contributed by atoms with Crippen molar-refractivity contribution in [1.82, 2.24) is 14.6 Å². The Bertz CT molecular complexity index is 1580. The third-order valence-electron chi connectivity index (χ3n) is 7.38. The molecule has 7 N–H and O–H groups in total. The number of carboxylic acid groups (broad SMARTS) is 1. The maximum atomic E-state index is 14.5. The summed E-state index contributed by atoms with van der Waals surface area (Å²) in [5, 5.41) is 29.4. The molecule has 1 aliphatic rings. The number of nitrogens with one attached hydrogen (secondary N) is 2. The van der Waals surface area contributed by atoms with Crippen molar-refractivity contribution >= 4 is 32.8 Å². The van der Waals surface area contributed by atoms with Gasteiger partial charge in [0, 0.05) is 36.8 Å². The first kappa shape index (κ1) is 34.9. The Hall–Kier alpha value is -3.57. The van der Waals surface area contributed by atoms with Gasteiger partial charge in [0.25, 0.3) is 5.91 Å². The largest absolute Gasteiger partial charge is 0.490 e. The van der Waals surface area contributed by atoms with Crippen molar-refractivity contribution in [3.8, 4) is 11.1 Å². The molecule has 1 saturated heterocycles. The number of nitrogens with two attached hydrogens (primary N) is 1. The summed E-state index contributed by atoms with van der Waals surface area (Å²) in [6.45, 7) is 2.05. The lowest BCUT2D eigenvalue weighted by Crippen LogP contribution is -2.38. The number of hydrogen-bond donors (Lipinski definition) is 6. The van der Waals surface area contributed by atoms with Gasteiger partial charge < -0.3 is 31.4 Å². The van der Waals surface area contributed by atoms with E-state index in [1.54, 1.807) is 25.1 Å². The van der Waals surface area contributed by atoms with Gasteiger partial charge in [-0.25, -0.2) is 21.9 Å². The zero-order chi connectivity index (χ0) is 32.8. The minimum absolute atomic E-state index is 0.0753. The van der Waals surface area contributed by atoms with E-state index in [1.165, 1.54) is 10.4 Å². The second kappa shape index (κ2) is 14.5. The van der Waals surface area contributed by atoms with Crippen LogP contribution in [0.4, 0.5) is 17.6 Å². The standard InChI is InChI=1S/C26H33FN4O5S.C2HF3O2/c1-2-37(35,36)31-7-5-16(6-8-31)23-13-30-25-21(23)10-18(11-22(25)26(28)34)17-3-4-24(27)19(9-17)12-29-20(14-32)15-33;3-2(4,5)1(6)7/h3-4,9-11,13,16,20,29-30,32-33H,2,5-8,12,14-15H2,1H3,(H2,28,34);(H,6,7). The van der Waals surface area contributed by atoms with Crippen LogP contribution in [-0.4, -0.2) is 89.2 Å². The minimum atomic E-state index is -5.08. The normalized spacial score (nSPS) is 14.9. The molecule has 0 unspecified atom stereocenters. The number of rotatable bonds is 10. The van der Waals surface area contributed by atoms with Crippen molar-refractivity contribution in [2.24, 2.45) is 5.73 Å². The second-order valence-electron chi connectivity index (χ2n) is 10.2. The number of primary amides is 1. The molecule has 0 atom stereocenters. The number of piperidine rings is 1. The van der Waals surface area contributed by atoms with Crippen LogP contribution in [0.2, 0.25) is 0 Å². The maximum Gasteiger partial charge on any atom is 0.490 e. The van der Waals surface area contributed by atoms with E-state index in [2.05, 4.69) is 10.3 Å². The number of aliphatic hydroxyl groups is 2. The summed E-state index contributed by atoms with van der Waals surface area (Å²) in [6.07, 6.45) is -1.91. The number of alkyl halides is 3. The quantitative estimate of drug-likeness (QED) is 0.182. The fourth-order valence-electron chi connectivity index (χ4n) is 4.91. The molecule has 2 aromatic carbocycles. The van der Waals surface area contributed by atoms with Crippen LogP contribution in [0.5, 0.6) is 0 Å². The van der Waals surface area contributed by atoms with Crippen molar-refractivity contribution in [3.05, 3.63) is 59.0 Å². The van der Waals surface area contributed by atoms with Crippen LogP contribution in [0, 0.1) is 5.82 Å². The number of fused-ring (bicyclic) bond motifs is 1. The number of aromatic amines is 1. The first-order valence-corrected chi connectivity index (χ1v) is 15.2. The highest BCUT2D eigenvalue weighted by Gasteiger charge is 2.38. The number of carbonyl (C=O) groups is 2. The fraction of sp³-hybridized carbons (Fsp3) is 0.429. The number of carboxylic acids is 1. The molecule has 2 heterocycles. The number of nitrogens with zero attached hydrogens (tertiary/aromatic N) is 1. The zero-order valence-corrected chi connectivity index (χ0v) is 24.5. The molecule has 1 fully saturated rings. The van der Waals surface area contributed by atoms with Gasteiger partial charge in [-0.3, -0.25) is 4.79 Å². The number of aliphatic hydroxyl groups excluding tert-OH is 2. The summed E-state index contributed by atoms with van der Waals surface area (Å²) < 4.78 is 72.3. The Morgan fingerprint density at radius 1 is 1.11 bits per heavy atom. The molecule has 0 radical (unpaired) electrons. The molecule has 1 amide bonds. The predicted molar refractivity (Wildman–Crippen MR) is 154 cm³/mol. The molecule has 0 saturated carbocycles. The van der Waals surface area contributed by atoms with Gasteiger partial charge >= 0.3 is 12.1 Å². The van der Waals surface area contributed by atoms with Crippen LogP contribution in [0.25, 0.3) is 22.0 Å². The highest BCUT2D eigenvalue weighted by atomic mass is 32.2. The molecule has 3 aromatic rings. The van der Waals surface area contributed by atoms with Crippen LogP contribution < -0.4 is 11.1 Å². The predicted octanol–water partition coefficient (Wildman–Crippen LogP) is 2.68. The van der Waals surface area contributed by atoms with Gasteiger partial charge in [0.05, 0.1) is 36.1 Å². The molecule has 4 rings (SSSR count). The second-order valence-corrected chi connectivity index (χ2v) is 12.4. The molecule has 1 aromatic heterocycles. The van der Waals surface area contributed by atoms with E-state index in [4.69, 9.17) is 15.6 Å². The number of H-pyrrole nitrogens is 1. The Balaban J connectivity index is 0.000000676. The molecule has 44 heavy (non-hydrogen) atoms. The molecular weight excluding hydrogens is 612 g/mol. The third kappa shape index (κ3) is 8.32. The van der Waals surface area contributed by atoms with Gasteiger partial charge in [-0.05, 0) is 66.6 Å². The van der Waals surface area contributed by atoms with Crippen LogP contribution in [0.3, 0.4) is 0 Å². The number of carbonyl (C=O) groups excluding carboxylic acids is 1. The Labute approximate surface area is 250 Å². The van der Waals surface area contributed by atoms with E-state index in [0.717, 1.165) is 10.9 Å². The summed E-state index contributed by atoms with van der Waals surface area (Å²) in [5.74, 6) is -3.60. The lowest BCUT2D eigenvalue weighted by Gasteiger charge is -2.31. The maximum absolute atomic E-state index is 14.5. The van der Waals surface area contributed by atoms with Crippen molar-refractivity contribution in [2.75, 3.05) is 32.1 Å². The third-order valence-corrected chi connectivity index (χ3v) is 9.26. The van der Waals surface area contributed by atoms with Crippen LogP contribution >= 0.6 is 0 Å². The highest BCUT2D eigenvalue weighted by Crippen LogP contribution is 2.37. The van der Waals surface area contributed by atoms with Crippen LogP contribution in [0.15, 0.2) is 36.5 Å². The Morgan fingerprint density at radius 3 is 2.25 bits per heavy atom. The molecule has 242 valence electrons. The topological polar surface area (TPSA) is 186 Å². The molecule has 0 aliphatic carbocycles. The van der Waals surface area contributed by atoms with Gasteiger partial charge in [-0.2, -0.15) is 13.2 Å². The van der Waals surface area contributed by atoms with Gasteiger partial charge in [-0.15, -0.1) is 0 Å². The van der Waals surface area contributed by atoms with Crippen LogP contribution in [-0.2, 0) is 21.4 Å². The lowest BCUT2D eigenvalue weighted by molar-refractivity contribution is -0.192. The van der Waals surface area contributed by atoms with E-state index < -0.39 is 39.9 Å². The molecule has 0 spiro atoms. The number of benzene rings is 2. The van der Waals surface area contributed by atoms with Crippen molar-refractivity contribution in [3.63, 3.8) is 0 Å². The summed E-state index contributed by atoms with van der Waals surface area (Å²) >= 11 is 0. The average molecular weight is 647 g/mol. The minimum Gasteiger partial charge on any atom is -0.475 e. The molecular formula is C28H34F4N4O7S. The summed E-state index contributed by atoms with van der Waals surface area (Å²) in [6, 6.07) is 7.69. The SMILES string of the molecule is CCS(=O)(=O)N1CCC(c2c[nH]c3c(C(N)=O)cc(-c4ccc(F)c(CNC(CO)CO)c4)cc23)CC1.O=C(O)C(F)(F)F. The van der Waals surface area contributed by atoms with E-state index in [9.17, 15) is 41.0 Å². The smallest absolute Gasteiger partial charge is 0.475 e. The zero-order valence-electron chi connectivity index (χ0n) is 23.7. The number of halogens is 4. The van der Waals surface area contributed by atoms with Gasteiger partial charge in [0.15, 0.2) is 0 Å². The number of sulfonamides is 1. The first-order valence-electron chi connectivity index (χ1n) is 13.6. The summed E-state index contributed by atoms with van der Waals surface area (Å²) in [4.78, 5) is 24.4. The monoisotopic (exact) mass is 646 g/mol. The highest BCUT2D eigenvalue weighted by molar-refractivity contribution is 7.89. The number of amides is 1. The van der Waals surface area contributed by atoms with Gasteiger partial charge in [0.2, 0.25) is 10.0 Å². The van der Waals surface area contributed by atoms with Gasteiger partial charge in [0.1, 0.15) is 5.82 Å². The Kier molecular flexibility index (Phi) is 11.5. The summed E-state index contributed by atoms with van der Waals surface area (Å²) in [7, 11) is -3.24. The lowest BCUT2D eigenvalue weighted by atomic mass is 9.88. The molecule has 11 nitrogen and oxygen atoms in total. The van der Waals surface area contributed by atoms with Gasteiger partial charge in [-0.1, -0.05) is 6.07 Å².